The standard InChI is InChI=1S/C12H19N3O2/c1-9-10(7-13-14(9)3)11(16)15-6-4-5-12(2,17)8-15/h7,17H,4-6,8H2,1-3H3. The van der Waals surface area contributed by atoms with Gasteiger partial charge in [0.1, 0.15) is 0 Å². The first-order valence-corrected chi connectivity index (χ1v) is 5.91. The van der Waals surface area contributed by atoms with Crippen LogP contribution in [0.2, 0.25) is 0 Å². The van der Waals surface area contributed by atoms with E-state index >= 15 is 0 Å². The summed E-state index contributed by atoms with van der Waals surface area (Å²) in [6, 6.07) is 0. The van der Waals surface area contributed by atoms with Crippen LogP contribution in [0.4, 0.5) is 0 Å². The lowest BCUT2D eigenvalue weighted by Gasteiger charge is -2.36. The van der Waals surface area contributed by atoms with Gasteiger partial charge in [-0.25, -0.2) is 0 Å². The van der Waals surface area contributed by atoms with Crippen LogP contribution >= 0.6 is 0 Å². The molecule has 1 N–H and O–H groups in total. The number of β-amino-alcohol motifs (C(OH)–C–C–N with tert-alkyl or cyclic N) is 1. The van der Waals surface area contributed by atoms with Crippen LogP contribution in [0.15, 0.2) is 6.20 Å². The molecule has 1 aliphatic rings. The third-order valence-electron chi connectivity index (χ3n) is 3.43. The average Bonchev–Trinajstić information content (AvgIpc) is 2.57. The van der Waals surface area contributed by atoms with Crippen molar-refractivity contribution in [3.05, 3.63) is 17.5 Å². The molecule has 2 rings (SSSR count). The molecule has 0 bridgehead atoms. The van der Waals surface area contributed by atoms with Gasteiger partial charge in [0.05, 0.1) is 17.4 Å². The molecular weight excluding hydrogens is 218 g/mol. The van der Waals surface area contributed by atoms with Crippen LogP contribution < -0.4 is 0 Å². The number of carbonyl (C=O) groups excluding carboxylic acids is 1. The lowest BCUT2D eigenvalue weighted by Crippen LogP contribution is -2.48. The van der Waals surface area contributed by atoms with E-state index in [0.29, 0.717) is 18.7 Å². The van der Waals surface area contributed by atoms with Gasteiger partial charge in [-0.2, -0.15) is 5.10 Å². The molecule has 0 aliphatic carbocycles. The Kier molecular flexibility index (Phi) is 2.95. The van der Waals surface area contributed by atoms with Gasteiger partial charge < -0.3 is 10.0 Å². The minimum atomic E-state index is -0.760. The van der Waals surface area contributed by atoms with Crippen molar-refractivity contribution < 1.29 is 9.90 Å². The van der Waals surface area contributed by atoms with Crippen molar-refractivity contribution in [2.75, 3.05) is 13.1 Å². The van der Waals surface area contributed by atoms with Crippen molar-refractivity contribution in [3.8, 4) is 0 Å². The smallest absolute Gasteiger partial charge is 0.257 e. The Morgan fingerprint density at radius 3 is 2.82 bits per heavy atom. The van der Waals surface area contributed by atoms with Gasteiger partial charge >= 0.3 is 0 Å². The second-order valence-corrected chi connectivity index (χ2v) is 5.09. The minimum absolute atomic E-state index is 0.0319. The monoisotopic (exact) mass is 237 g/mol. The topological polar surface area (TPSA) is 58.4 Å². The average molecular weight is 237 g/mol. The van der Waals surface area contributed by atoms with Gasteiger partial charge in [0.2, 0.25) is 0 Å². The van der Waals surface area contributed by atoms with E-state index in [1.54, 1.807) is 22.7 Å². The number of piperidine rings is 1. The van der Waals surface area contributed by atoms with Gasteiger partial charge in [0.25, 0.3) is 5.91 Å². The molecule has 0 spiro atoms. The summed E-state index contributed by atoms with van der Waals surface area (Å²) in [5, 5.41) is 14.1. The normalized spacial score (nSPS) is 25.1. The maximum Gasteiger partial charge on any atom is 0.257 e. The number of aryl methyl sites for hydroxylation is 1. The van der Waals surface area contributed by atoms with Crippen LogP contribution in [0, 0.1) is 6.92 Å². The SMILES string of the molecule is Cc1c(C(=O)N2CCCC(C)(O)C2)cnn1C. The van der Waals surface area contributed by atoms with Crippen molar-refractivity contribution in [2.45, 2.75) is 32.3 Å². The number of aliphatic hydroxyl groups is 1. The van der Waals surface area contributed by atoms with Crippen LogP contribution in [0.5, 0.6) is 0 Å². The van der Waals surface area contributed by atoms with Crippen molar-refractivity contribution in [2.24, 2.45) is 7.05 Å². The van der Waals surface area contributed by atoms with E-state index in [0.717, 1.165) is 18.5 Å². The molecule has 0 saturated carbocycles. The molecule has 2 heterocycles. The molecule has 1 saturated heterocycles. The molecule has 1 unspecified atom stereocenters. The molecule has 17 heavy (non-hydrogen) atoms. The third-order valence-corrected chi connectivity index (χ3v) is 3.43. The molecule has 0 aromatic carbocycles. The highest BCUT2D eigenvalue weighted by atomic mass is 16.3. The van der Waals surface area contributed by atoms with E-state index in [4.69, 9.17) is 0 Å². The van der Waals surface area contributed by atoms with Crippen molar-refractivity contribution >= 4 is 5.91 Å². The van der Waals surface area contributed by atoms with E-state index in [2.05, 4.69) is 5.10 Å². The third kappa shape index (κ3) is 2.34. The number of hydrogen-bond donors (Lipinski definition) is 1. The predicted molar refractivity (Wildman–Crippen MR) is 63.7 cm³/mol. The summed E-state index contributed by atoms with van der Waals surface area (Å²) in [6.45, 7) is 4.77. The van der Waals surface area contributed by atoms with E-state index in [1.165, 1.54) is 0 Å². The molecule has 1 aromatic heterocycles. The van der Waals surface area contributed by atoms with Gasteiger partial charge in [0.15, 0.2) is 0 Å². The molecule has 1 aromatic rings. The molecule has 94 valence electrons. The van der Waals surface area contributed by atoms with E-state index in [1.807, 2.05) is 14.0 Å². The molecule has 1 amide bonds. The number of carbonyl (C=O) groups is 1. The second-order valence-electron chi connectivity index (χ2n) is 5.09. The van der Waals surface area contributed by atoms with Gasteiger partial charge in [-0.3, -0.25) is 9.48 Å². The quantitative estimate of drug-likeness (QED) is 0.782. The number of amides is 1. The van der Waals surface area contributed by atoms with Gasteiger partial charge in [0, 0.05) is 25.8 Å². The Labute approximate surface area is 101 Å². The number of likely N-dealkylation sites (tertiary alicyclic amines) is 1. The molecule has 1 fully saturated rings. The number of aromatic nitrogens is 2. The predicted octanol–water partition coefficient (Wildman–Crippen LogP) is 0.716. The first kappa shape index (κ1) is 12.1. The summed E-state index contributed by atoms with van der Waals surface area (Å²) < 4.78 is 1.69. The molecule has 0 radical (unpaired) electrons. The number of nitrogens with zero attached hydrogens (tertiary/aromatic N) is 3. The minimum Gasteiger partial charge on any atom is -0.388 e. The Bertz CT molecular complexity index is 437. The zero-order chi connectivity index (χ0) is 12.6. The van der Waals surface area contributed by atoms with Crippen LogP contribution in [0.1, 0.15) is 35.8 Å². The van der Waals surface area contributed by atoms with E-state index in [-0.39, 0.29) is 5.91 Å². The van der Waals surface area contributed by atoms with Crippen LogP contribution in [0.25, 0.3) is 0 Å². The van der Waals surface area contributed by atoms with Gasteiger partial charge in [-0.05, 0) is 26.7 Å². The maximum absolute atomic E-state index is 12.3. The van der Waals surface area contributed by atoms with Crippen LogP contribution in [-0.2, 0) is 7.05 Å². The Balaban J connectivity index is 2.18. The Morgan fingerprint density at radius 2 is 2.29 bits per heavy atom. The zero-order valence-corrected chi connectivity index (χ0v) is 10.6. The van der Waals surface area contributed by atoms with Crippen molar-refractivity contribution in [1.82, 2.24) is 14.7 Å². The van der Waals surface area contributed by atoms with E-state index < -0.39 is 5.60 Å². The highest BCUT2D eigenvalue weighted by Crippen LogP contribution is 2.22. The highest BCUT2D eigenvalue weighted by Gasteiger charge is 2.32. The number of rotatable bonds is 1. The molecule has 5 nitrogen and oxygen atoms in total. The fraction of sp³-hybridized carbons (Fsp3) is 0.667. The van der Waals surface area contributed by atoms with Crippen LogP contribution in [0.3, 0.4) is 0 Å². The van der Waals surface area contributed by atoms with E-state index in [9.17, 15) is 9.90 Å². The molecule has 5 heteroatoms. The fourth-order valence-electron chi connectivity index (χ4n) is 2.27. The fourth-order valence-corrected chi connectivity index (χ4v) is 2.27. The summed E-state index contributed by atoms with van der Waals surface area (Å²) >= 11 is 0. The zero-order valence-electron chi connectivity index (χ0n) is 10.6. The summed E-state index contributed by atoms with van der Waals surface area (Å²) in [7, 11) is 1.82. The van der Waals surface area contributed by atoms with Crippen molar-refractivity contribution in [3.63, 3.8) is 0 Å². The maximum atomic E-state index is 12.3. The first-order chi connectivity index (χ1) is 7.91. The Morgan fingerprint density at radius 1 is 1.59 bits per heavy atom. The van der Waals surface area contributed by atoms with Crippen molar-refractivity contribution in [1.29, 1.82) is 0 Å². The summed E-state index contributed by atoms with van der Waals surface area (Å²) in [6.07, 6.45) is 3.20. The number of hydrogen-bond acceptors (Lipinski definition) is 3. The molecule has 1 aliphatic heterocycles. The van der Waals surface area contributed by atoms with Gasteiger partial charge in [-0.1, -0.05) is 0 Å². The summed E-state index contributed by atoms with van der Waals surface area (Å²) in [4.78, 5) is 14.0. The van der Waals surface area contributed by atoms with Gasteiger partial charge in [-0.15, -0.1) is 0 Å². The first-order valence-electron chi connectivity index (χ1n) is 5.91. The largest absolute Gasteiger partial charge is 0.388 e. The highest BCUT2D eigenvalue weighted by molar-refractivity contribution is 5.95. The summed E-state index contributed by atoms with van der Waals surface area (Å²) in [5.41, 5.74) is 0.731. The molecular formula is C12H19N3O2. The van der Waals surface area contributed by atoms with Crippen LogP contribution in [-0.4, -0.2) is 44.4 Å². The molecule has 1 atom stereocenters. The lowest BCUT2D eigenvalue weighted by molar-refractivity contribution is -0.0107. The second kappa shape index (κ2) is 4.14. The lowest BCUT2D eigenvalue weighted by atomic mass is 9.95. The Hall–Kier alpha value is -1.36. The summed E-state index contributed by atoms with van der Waals surface area (Å²) in [5.74, 6) is -0.0319.